The molecule has 0 aliphatic carbocycles. The average molecular weight is 322 g/mol. The zero-order valence-electron chi connectivity index (χ0n) is 12.7. The van der Waals surface area contributed by atoms with Gasteiger partial charge in [0.05, 0.1) is 15.6 Å². The lowest BCUT2D eigenvalue weighted by Crippen LogP contribution is -2.22. The van der Waals surface area contributed by atoms with Gasteiger partial charge in [0.15, 0.2) is 4.96 Å². The third-order valence-electron chi connectivity index (χ3n) is 4.02. The zero-order chi connectivity index (χ0) is 16.1. The monoisotopic (exact) mass is 322 g/mol. The van der Waals surface area contributed by atoms with E-state index in [1.54, 1.807) is 28.7 Å². The number of benzene rings is 2. The van der Waals surface area contributed by atoms with E-state index in [0.717, 1.165) is 22.2 Å². The van der Waals surface area contributed by atoms with Crippen LogP contribution in [0.2, 0.25) is 0 Å². The fraction of sp³-hybridized carbons (Fsp3) is 0.111. The van der Waals surface area contributed by atoms with Crippen LogP contribution in [0.15, 0.2) is 41.2 Å². The molecule has 1 N–H and O–H groups in total. The van der Waals surface area contributed by atoms with E-state index in [1.807, 2.05) is 32.0 Å². The number of aromatic nitrogens is 2. The molecular formula is C18H14N2O2S. The molecule has 0 saturated carbocycles. The number of rotatable bonds is 1. The van der Waals surface area contributed by atoms with E-state index in [0.29, 0.717) is 9.49 Å². The van der Waals surface area contributed by atoms with Crippen molar-refractivity contribution in [1.29, 1.82) is 0 Å². The van der Waals surface area contributed by atoms with Gasteiger partial charge in [0.25, 0.3) is 5.56 Å². The second-order valence-corrected chi connectivity index (χ2v) is 6.67. The maximum absolute atomic E-state index is 12.7. The van der Waals surface area contributed by atoms with Gasteiger partial charge in [-0.1, -0.05) is 23.5 Å². The molecule has 0 aliphatic rings. The first-order valence-electron chi connectivity index (χ1n) is 7.26. The SMILES string of the molecule is Cc1cc2nc3s/c(=C\c4cccc(O)c4)c(=O)n3c2cc1C. The lowest BCUT2D eigenvalue weighted by molar-refractivity contribution is 0.475. The minimum absolute atomic E-state index is 0.0703. The van der Waals surface area contributed by atoms with Crippen molar-refractivity contribution in [2.24, 2.45) is 0 Å². The van der Waals surface area contributed by atoms with E-state index in [9.17, 15) is 9.90 Å². The topological polar surface area (TPSA) is 54.6 Å². The molecule has 2 aromatic carbocycles. The van der Waals surface area contributed by atoms with E-state index < -0.39 is 0 Å². The van der Waals surface area contributed by atoms with Crippen LogP contribution in [0.3, 0.4) is 0 Å². The standard InChI is InChI=1S/C18H14N2O2S/c1-10-6-14-15(7-11(10)2)20-17(22)16(23-18(20)19-14)9-12-4-3-5-13(21)8-12/h3-9,21H,1-2H3/b16-9-. The largest absolute Gasteiger partial charge is 0.508 e. The van der Waals surface area contributed by atoms with E-state index in [4.69, 9.17) is 0 Å². The van der Waals surface area contributed by atoms with E-state index in [-0.39, 0.29) is 11.3 Å². The van der Waals surface area contributed by atoms with Crippen molar-refractivity contribution in [3.8, 4) is 5.75 Å². The Hall–Kier alpha value is -2.66. The molecule has 4 rings (SSSR count). The quantitative estimate of drug-likeness (QED) is 0.586. The van der Waals surface area contributed by atoms with E-state index in [2.05, 4.69) is 4.98 Å². The average Bonchev–Trinajstić information content (AvgIpc) is 2.97. The fourth-order valence-corrected chi connectivity index (χ4v) is 3.67. The van der Waals surface area contributed by atoms with Crippen LogP contribution in [0.4, 0.5) is 0 Å². The van der Waals surface area contributed by atoms with Gasteiger partial charge in [0.1, 0.15) is 5.75 Å². The summed E-state index contributed by atoms with van der Waals surface area (Å²) in [5.41, 5.74) is 4.73. The number of phenols is 1. The number of nitrogens with zero attached hydrogens (tertiary/aromatic N) is 2. The molecule has 5 heteroatoms. The molecule has 4 aromatic rings. The smallest absolute Gasteiger partial charge is 0.274 e. The molecule has 23 heavy (non-hydrogen) atoms. The number of thiazole rings is 1. The highest BCUT2D eigenvalue weighted by Crippen LogP contribution is 2.20. The number of aryl methyl sites for hydroxylation is 2. The molecule has 0 spiro atoms. The molecule has 0 saturated heterocycles. The van der Waals surface area contributed by atoms with Gasteiger partial charge in [-0.2, -0.15) is 0 Å². The van der Waals surface area contributed by atoms with Gasteiger partial charge in [-0.15, -0.1) is 0 Å². The Morgan fingerprint density at radius 2 is 1.96 bits per heavy atom. The Balaban J connectivity index is 2.02. The molecule has 0 fully saturated rings. The maximum atomic E-state index is 12.7. The summed E-state index contributed by atoms with van der Waals surface area (Å²) < 4.78 is 2.28. The van der Waals surface area contributed by atoms with Gasteiger partial charge in [0.2, 0.25) is 0 Å². The number of hydrogen-bond acceptors (Lipinski definition) is 4. The minimum atomic E-state index is -0.0703. The van der Waals surface area contributed by atoms with Gasteiger partial charge in [-0.05, 0) is 60.9 Å². The summed E-state index contributed by atoms with van der Waals surface area (Å²) in [6, 6.07) is 10.9. The first-order chi connectivity index (χ1) is 11.0. The van der Waals surface area contributed by atoms with Crippen LogP contribution in [-0.2, 0) is 0 Å². The molecule has 2 heterocycles. The van der Waals surface area contributed by atoms with Crippen molar-refractivity contribution >= 4 is 33.4 Å². The molecule has 0 aliphatic heterocycles. The highest BCUT2D eigenvalue weighted by molar-refractivity contribution is 7.15. The summed E-state index contributed by atoms with van der Waals surface area (Å²) in [6.45, 7) is 4.08. The second kappa shape index (κ2) is 4.93. The molecule has 0 atom stereocenters. The summed E-state index contributed by atoms with van der Waals surface area (Å²) in [5.74, 6) is 0.184. The molecule has 4 nitrogen and oxygen atoms in total. The molecule has 2 aromatic heterocycles. The number of aromatic hydroxyl groups is 1. The first kappa shape index (κ1) is 14.0. The Kier molecular flexibility index (Phi) is 2.99. The van der Waals surface area contributed by atoms with Crippen LogP contribution in [0.1, 0.15) is 16.7 Å². The summed E-state index contributed by atoms with van der Waals surface area (Å²) in [4.78, 5) is 18.0. The van der Waals surface area contributed by atoms with Crippen molar-refractivity contribution in [1.82, 2.24) is 9.38 Å². The summed E-state index contributed by atoms with van der Waals surface area (Å²) in [7, 11) is 0. The molecule has 0 bridgehead atoms. The van der Waals surface area contributed by atoms with Gasteiger partial charge in [-0.3, -0.25) is 4.79 Å². The predicted octanol–water partition coefficient (Wildman–Crippen LogP) is 2.78. The zero-order valence-corrected chi connectivity index (χ0v) is 13.5. The van der Waals surface area contributed by atoms with Gasteiger partial charge in [0, 0.05) is 0 Å². The Labute approximate surface area is 136 Å². The predicted molar refractivity (Wildman–Crippen MR) is 93.2 cm³/mol. The number of hydrogen-bond donors (Lipinski definition) is 1. The second-order valence-electron chi connectivity index (χ2n) is 5.67. The van der Waals surface area contributed by atoms with Crippen LogP contribution >= 0.6 is 11.3 Å². The van der Waals surface area contributed by atoms with E-state index in [1.165, 1.54) is 16.9 Å². The summed E-state index contributed by atoms with van der Waals surface area (Å²) in [5, 5.41) is 9.55. The molecule has 114 valence electrons. The van der Waals surface area contributed by atoms with Crippen molar-refractivity contribution in [3.63, 3.8) is 0 Å². The normalized spacial score (nSPS) is 12.5. The highest BCUT2D eigenvalue weighted by Gasteiger charge is 2.12. The summed E-state index contributed by atoms with van der Waals surface area (Å²) >= 11 is 1.36. The van der Waals surface area contributed by atoms with Crippen LogP contribution in [0, 0.1) is 13.8 Å². The lowest BCUT2D eigenvalue weighted by Gasteiger charge is -1.98. The minimum Gasteiger partial charge on any atom is -0.508 e. The number of imidazole rings is 1. The van der Waals surface area contributed by atoms with Gasteiger partial charge >= 0.3 is 0 Å². The lowest BCUT2D eigenvalue weighted by atomic mass is 10.1. The molecule has 0 unspecified atom stereocenters. The third kappa shape index (κ3) is 2.21. The third-order valence-corrected chi connectivity index (χ3v) is 4.99. The molecular weight excluding hydrogens is 308 g/mol. The Morgan fingerprint density at radius 1 is 1.17 bits per heavy atom. The summed E-state index contributed by atoms with van der Waals surface area (Å²) in [6.07, 6.45) is 1.79. The van der Waals surface area contributed by atoms with Crippen LogP contribution < -0.4 is 10.1 Å². The van der Waals surface area contributed by atoms with Crippen LogP contribution in [-0.4, -0.2) is 14.5 Å². The highest BCUT2D eigenvalue weighted by atomic mass is 32.1. The Bertz CT molecular complexity index is 1170. The van der Waals surface area contributed by atoms with Crippen LogP contribution in [0.25, 0.3) is 22.1 Å². The number of fused-ring (bicyclic) bond motifs is 3. The molecule has 0 radical (unpaired) electrons. The van der Waals surface area contributed by atoms with Crippen molar-refractivity contribution in [2.45, 2.75) is 13.8 Å². The van der Waals surface area contributed by atoms with E-state index >= 15 is 0 Å². The van der Waals surface area contributed by atoms with Crippen molar-refractivity contribution in [3.05, 3.63) is 68.0 Å². The molecule has 0 amide bonds. The van der Waals surface area contributed by atoms with Gasteiger partial charge < -0.3 is 5.11 Å². The van der Waals surface area contributed by atoms with Crippen LogP contribution in [0.5, 0.6) is 5.75 Å². The Morgan fingerprint density at radius 3 is 2.74 bits per heavy atom. The fourth-order valence-electron chi connectivity index (χ4n) is 2.68. The van der Waals surface area contributed by atoms with Crippen molar-refractivity contribution < 1.29 is 5.11 Å². The van der Waals surface area contributed by atoms with Crippen molar-refractivity contribution in [2.75, 3.05) is 0 Å². The first-order valence-corrected chi connectivity index (χ1v) is 8.07. The number of phenolic OH excluding ortho intramolecular Hbond substituents is 1. The maximum Gasteiger partial charge on any atom is 0.274 e. The van der Waals surface area contributed by atoms with Gasteiger partial charge in [-0.25, -0.2) is 9.38 Å².